The van der Waals surface area contributed by atoms with E-state index in [1.165, 1.54) is 31.4 Å². The zero-order valence-electron chi connectivity index (χ0n) is 10.8. The van der Waals surface area contributed by atoms with Gasteiger partial charge in [0.2, 0.25) is 5.75 Å². The molecule has 0 amide bonds. The number of para-hydroxylation sites is 1. The molecule has 1 N–H and O–H groups in total. The van der Waals surface area contributed by atoms with Crippen molar-refractivity contribution in [1.82, 2.24) is 0 Å². The Bertz CT molecular complexity index is 626. The lowest BCUT2D eigenvalue weighted by Gasteiger charge is -2.15. The van der Waals surface area contributed by atoms with Gasteiger partial charge in [-0.2, -0.15) is 0 Å². The summed E-state index contributed by atoms with van der Waals surface area (Å²) in [4.78, 5) is 0. The summed E-state index contributed by atoms with van der Waals surface area (Å²) in [7, 11) is 1.45. The van der Waals surface area contributed by atoms with Gasteiger partial charge in [-0.3, -0.25) is 0 Å². The van der Waals surface area contributed by atoms with Crippen molar-refractivity contribution in [2.24, 2.45) is 0 Å². The Morgan fingerprint density at radius 1 is 1.00 bits per heavy atom. The molecule has 2 aromatic carbocycles. The largest absolute Gasteiger partial charge is 0.573 e. The predicted molar refractivity (Wildman–Crippen MR) is 67.9 cm³/mol. The van der Waals surface area contributed by atoms with Crippen LogP contribution in [0.25, 0.3) is 0 Å². The van der Waals surface area contributed by atoms with Gasteiger partial charge in [0.15, 0.2) is 11.5 Å². The fourth-order valence-electron chi connectivity index (χ4n) is 1.59. The molecule has 21 heavy (non-hydrogen) atoms. The average molecular weight is 300 g/mol. The molecule has 2 rings (SSSR count). The molecule has 0 heterocycles. The Balaban J connectivity index is 2.33. The van der Waals surface area contributed by atoms with E-state index in [4.69, 9.17) is 9.47 Å². The molecule has 0 aliphatic heterocycles. The van der Waals surface area contributed by atoms with Gasteiger partial charge < -0.3 is 19.3 Å². The molecule has 112 valence electrons. The highest BCUT2D eigenvalue weighted by Crippen LogP contribution is 2.41. The summed E-state index contributed by atoms with van der Waals surface area (Å²) in [6.07, 6.45) is -4.94. The molecule has 2 aromatic rings. The number of rotatable bonds is 4. The van der Waals surface area contributed by atoms with Crippen LogP contribution in [0.5, 0.6) is 28.7 Å². The van der Waals surface area contributed by atoms with Crippen LogP contribution >= 0.6 is 0 Å². The zero-order valence-corrected chi connectivity index (χ0v) is 10.8. The molecular formula is C14H11F3O4. The van der Waals surface area contributed by atoms with E-state index >= 15 is 0 Å². The SMILES string of the molecule is COc1cccc(Oc2cccc(O)c2OC(F)(F)F)c1. The summed E-state index contributed by atoms with van der Waals surface area (Å²) in [5.74, 6) is -1.01. The summed E-state index contributed by atoms with van der Waals surface area (Å²) in [5.41, 5.74) is 0. The van der Waals surface area contributed by atoms with Crippen molar-refractivity contribution < 1.29 is 32.5 Å². The molecule has 0 radical (unpaired) electrons. The minimum atomic E-state index is -4.94. The monoisotopic (exact) mass is 300 g/mol. The van der Waals surface area contributed by atoms with Crippen LogP contribution in [-0.4, -0.2) is 18.6 Å². The maximum atomic E-state index is 12.3. The second-order valence-corrected chi connectivity index (χ2v) is 3.93. The molecule has 0 aliphatic rings. The Labute approximate surface area is 118 Å². The van der Waals surface area contributed by atoms with E-state index in [1.807, 2.05) is 0 Å². The number of phenolic OH excluding ortho intramolecular Hbond substituents is 1. The van der Waals surface area contributed by atoms with Gasteiger partial charge in [0.25, 0.3) is 0 Å². The van der Waals surface area contributed by atoms with Crippen LogP contribution in [0, 0.1) is 0 Å². The van der Waals surface area contributed by atoms with E-state index in [0.717, 1.165) is 6.07 Å². The molecular weight excluding hydrogens is 289 g/mol. The molecule has 0 unspecified atom stereocenters. The van der Waals surface area contributed by atoms with Crippen LogP contribution in [0.3, 0.4) is 0 Å². The number of ether oxygens (including phenoxy) is 3. The van der Waals surface area contributed by atoms with Crippen LogP contribution < -0.4 is 14.2 Å². The third-order valence-electron chi connectivity index (χ3n) is 2.44. The lowest BCUT2D eigenvalue weighted by Crippen LogP contribution is -2.17. The minimum Gasteiger partial charge on any atom is -0.504 e. The van der Waals surface area contributed by atoms with Crippen molar-refractivity contribution in [3.63, 3.8) is 0 Å². The number of aromatic hydroxyl groups is 1. The molecule has 0 aliphatic carbocycles. The summed E-state index contributed by atoms with van der Waals surface area (Å²) in [5, 5.41) is 9.50. The van der Waals surface area contributed by atoms with Gasteiger partial charge in [-0.25, -0.2) is 0 Å². The van der Waals surface area contributed by atoms with Crippen molar-refractivity contribution in [2.75, 3.05) is 7.11 Å². The highest BCUT2D eigenvalue weighted by atomic mass is 19.4. The molecule has 0 bridgehead atoms. The molecule has 0 spiro atoms. The number of alkyl halides is 3. The third kappa shape index (κ3) is 3.95. The van der Waals surface area contributed by atoms with Gasteiger partial charge >= 0.3 is 6.36 Å². The maximum absolute atomic E-state index is 12.3. The number of halogens is 3. The summed E-state index contributed by atoms with van der Waals surface area (Å²) in [6, 6.07) is 9.95. The smallest absolute Gasteiger partial charge is 0.504 e. The van der Waals surface area contributed by atoms with Crippen LogP contribution in [-0.2, 0) is 0 Å². The normalized spacial score (nSPS) is 11.0. The molecule has 0 aromatic heterocycles. The van der Waals surface area contributed by atoms with Gasteiger partial charge in [-0.1, -0.05) is 12.1 Å². The standard InChI is InChI=1S/C14H11F3O4/c1-19-9-4-2-5-10(8-9)20-12-7-3-6-11(18)13(12)21-14(15,16)17/h2-8,18H,1H3. The van der Waals surface area contributed by atoms with Crippen molar-refractivity contribution >= 4 is 0 Å². The summed E-state index contributed by atoms with van der Waals surface area (Å²) >= 11 is 0. The Morgan fingerprint density at radius 3 is 2.33 bits per heavy atom. The second kappa shape index (κ2) is 5.82. The summed E-state index contributed by atoms with van der Waals surface area (Å²) < 4.78 is 51.1. The fourth-order valence-corrected chi connectivity index (χ4v) is 1.59. The lowest BCUT2D eigenvalue weighted by atomic mass is 10.3. The van der Waals surface area contributed by atoms with Crippen LogP contribution in [0.2, 0.25) is 0 Å². The van der Waals surface area contributed by atoms with Gasteiger partial charge in [0.05, 0.1) is 7.11 Å². The van der Waals surface area contributed by atoms with E-state index in [-0.39, 0.29) is 11.5 Å². The molecule has 0 atom stereocenters. The van der Waals surface area contributed by atoms with Crippen LogP contribution in [0.15, 0.2) is 42.5 Å². The quantitative estimate of drug-likeness (QED) is 0.923. The maximum Gasteiger partial charge on any atom is 0.573 e. The molecule has 4 nitrogen and oxygen atoms in total. The van der Waals surface area contributed by atoms with E-state index < -0.39 is 17.9 Å². The van der Waals surface area contributed by atoms with E-state index in [0.29, 0.717) is 5.75 Å². The minimum absolute atomic E-state index is 0.243. The molecule has 0 saturated heterocycles. The fraction of sp³-hybridized carbons (Fsp3) is 0.143. The first-order valence-electron chi connectivity index (χ1n) is 5.78. The first-order valence-corrected chi connectivity index (χ1v) is 5.78. The van der Waals surface area contributed by atoms with Crippen molar-refractivity contribution in [3.8, 4) is 28.7 Å². The Morgan fingerprint density at radius 2 is 1.67 bits per heavy atom. The zero-order chi connectivity index (χ0) is 15.5. The van der Waals surface area contributed by atoms with E-state index in [1.54, 1.807) is 12.1 Å². The number of methoxy groups -OCH3 is 1. The summed E-state index contributed by atoms with van der Waals surface area (Å²) in [6.45, 7) is 0. The third-order valence-corrected chi connectivity index (χ3v) is 2.44. The average Bonchev–Trinajstić information content (AvgIpc) is 2.42. The molecule has 7 heteroatoms. The highest BCUT2D eigenvalue weighted by Gasteiger charge is 2.34. The van der Waals surface area contributed by atoms with E-state index in [2.05, 4.69) is 4.74 Å². The number of hydrogen-bond donors (Lipinski definition) is 1. The Kier molecular flexibility index (Phi) is 4.11. The van der Waals surface area contributed by atoms with Crippen molar-refractivity contribution in [1.29, 1.82) is 0 Å². The highest BCUT2D eigenvalue weighted by molar-refractivity contribution is 5.52. The topological polar surface area (TPSA) is 47.9 Å². The first-order chi connectivity index (χ1) is 9.89. The van der Waals surface area contributed by atoms with Crippen molar-refractivity contribution in [3.05, 3.63) is 42.5 Å². The molecule has 0 saturated carbocycles. The predicted octanol–water partition coefficient (Wildman–Crippen LogP) is 4.09. The van der Waals surface area contributed by atoms with Gasteiger partial charge in [-0.05, 0) is 24.3 Å². The van der Waals surface area contributed by atoms with E-state index in [9.17, 15) is 18.3 Å². The van der Waals surface area contributed by atoms with Crippen molar-refractivity contribution in [2.45, 2.75) is 6.36 Å². The first kappa shape index (κ1) is 14.8. The van der Waals surface area contributed by atoms with Gasteiger partial charge in [-0.15, -0.1) is 13.2 Å². The van der Waals surface area contributed by atoms with Gasteiger partial charge in [0, 0.05) is 6.07 Å². The second-order valence-electron chi connectivity index (χ2n) is 3.93. The number of benzene rings is 2. The van der Waals surface area contributed by atoms with Gasteiger partial charge in [0.1, 0.15) is 11.5 Å². The van der Waals surface area contributed by atoms with Crippen LogP contribution in [0.4, 0.5) is 13.2 Å². The van der Waals surface area contributed by atoms with Crippen LogP contribution in [0.1, 0.15) is 0 Å². The lowest BCUT2D eigenvalue weighted by molar-refractivity contribution is -0.275. The number of phenols is 1. The Hall–Kier alpha value is -2.57. The number of hydrogen-bond acceptors (Lipinski definition) is 4. The molecule has 0 fully saturated rings.